The van der Waals surface area contributed by atoms with Crippen LogP contribution in [0.3, 0.4) is 0 Å². The number of fused-ring (bicyclic) bond motifs is 1. The van der Waals surface area contributed by atoms with Crippen LogP contribution in [-0.4, -0.2) is 68.4 Å². The molecule has 1 aliphatic rings. The van der Waals surface area contributed by atoms with Crippen molar-refractivity contribution in [2.45, 2.75) is 31.9 Å². The minimum atomic E-state index is -3.77. The molecule has 4 rings (SSSR count). The SMILES string of the molecule is COc1ccc(CN(c2nn(CCN3C[C@H](F)C[C@H](F)C3)c3c(N)ccc(Cl)c23)S(C)(=O)=O)cc1. The predicted molar refractivity (Wildman–Crippen MR) is 134 cm³/mol. The van der Waals surface area contributed by atoms with Crippen molar-refractivity contribution in [2.75, 3.05) is 43.0 Å². The standard InChI is InChI=1S/C23H28ClF2N5O3S/c1-34-18-5-3-15(4-6-18)12-31(35(2,32)33)23-21-19(24)7-8-20(27)22(21)30(28-23)10-9-29-13-16(25)11-17(26)14-29/h3-8,16-17H,9-14,27H2,1-2H3/t16-,17+. The van der Waals surface area contributed by atoms with Crippen LogP contribution < -0.4 is 14.8 Å². The van der Waals surface area contributed by atoms with E-state index in [2.05, 4.69) is 5.10 Å². The molecule has 2 N–H and O–H groups in total. The Morgan fingerprint density at radius 3 is 2.40 bits per heavy atom. The maximum atomic E-state index is 13.9. The highest BCUT2D eigenvalue weighted by Gasteiger charge is 2.29. The molecule has 1 aromatic heterocycles. The molecule has 12 heteroatoms. The predicted octanol–water partition coefficient (Wildman–Crippen LogP) is 3.63. The molecule has 1 aliphatic heterocycles. The molecule has 0 radical (unpaired) electrons. The normalized spacial score (nSPS) is 19.2. The molecule has 1 saturated heterocycles. The number of nitrogen functional groups attached to an aromatic ring is 1. The van der Waals surface area contributed by atoms with Crippen molar-refractivity contribution in [2.24, 2.45) is 0 Å². The first kappa shape index (κ1) is 25.5. The van der Waals surface area contributed by atoms with E-state index in [1.165, 1.54) is 4.31 Å². The molecule has 0 unspecified atom stereocenters. The molecule has 2 atom stereocenters. The number of hydrogen-bond donors (Lipinski definition) is 1. The largest absolute Gasteiger partial charge is 0.497 e. The summed E-state index contributed by atoms with van der Waals surface area (Å²) >= 11 is 6.51. The third-order valence-electron chi connectivity index (χ3n) is 6.03. The fourth-order valence-corrected chi connectivity index (χ4v) is 5.41. The molecule has 0 bridgehead atoms. The third kappa shape index (κ3) is 5.62. The highest BCUT2D eigenvalue weighted by Crippen LogP contribution is 2.37. The summed E-state index contributed by atoms with van der Waals surface area (Å²) in [6.45, 7) is 0.853. The quantitative estimate of drug-likeness (QED) is 0.450. The molecular formula is C23H28ClF2N5O3S. The van der Waals surface area contributed by atoms with Gasteiger partial charge in [0.2, 0.25) is 10.0 Å². The Kier molecular flexibility index (Phi) is 7.39. The van der Waals surface area contributed by atoms with Crippen molar-refractivity contribution < 1.29 is 21.9 Å². The Bertz CT molecular complexity index is 1290. The minimum Gasteiger partial charge on any atom is -0.497 e. The van der Waals surface area contributed by atoms with Crippen molar-refractivity contribution in [3.8, 4) is 5.75 Å². The number of piperidine rings is 1. The molecular weight excluding hydrogens is 500 g/mol. The van der Waals surface area contributed by atoms with Gasteiger partial charge in [0.25, 0.3) is 0 Å². The van der Waals surface area contributed by atoms with Gasteiger partial charge in [-0.05, 0) is 29.8 Å². The number of aromatic nitrogens is 2. The monoisotopic (exact) mass is 527 g/mol. The number of sulfonamides is 1. The first-order valence-corrected chi connectivity index (χ1v) is 13.3. The number of benzene rings is 2. The number of halogens is 3. The maximum Gasteiger partial charge on any atom is 0.233 e. The van der Waals surface area contributed by atoms with Crippen LogP contribution in [0.25, 0.3) is 10.9 Å². The van der Waals surface area contributed by atoms with Crippen LogP contribution in [0.5, 0.6) is 5.75 Å². The van der Waals surface area contributed by atoms with Gasteiger partial charge in [0.05, 0.1) is 48.1 Å². The van der Waals surface area contributed by atoms with E-state index in [4.69, 9.17) is 22.1 Å². The van der Waals surface area contributed by atoms with E-state index in [1.54, 1.807) is 53.1 Å². The lowest BCUT2D eigenvalue weighted by Gasteiger charge is -2.31. The van der Waals surface area contributed by atoms with E-state index in [0.717, 1.165) is 11.8 Å². The average Bonchev–Trinajstić information content (AvgIpc) is 3.18. The van der Waals surface area contributed by atoms with Crippen LogP contribution in [0.1, 0.15) is 12.0 Å². The Morgan fingerprint density at radius 1 is 1.14 bits per heavy atom. The summed E-state index contributed by atoms with van der Waals surface area (Å²) in [6, 6.07) is 10.2. The molecule has 35 heavy (non-hydrogen) atoms. The molecule has 2 heterocycles. The number of hydrogen-bond acceptors (Lipinski definition) is 6. The summed E-state index contributed by atoms with van der Waals surface area (Å²) in [6.07, 6.45) is -1.46. The molecule has 0 saturated carbocycles. The van der Waals surface area contributed by atoms with Gasteiger partial charge in [0.1, 0.15) is 18.1 Å². The van der Waals surface area contributed by atoms with Crippen molar-refractivity contribution in [3.05, 3.63) is 47.0 Å². The van der Waals surface area contributed by atoms with Crippen LogP contribution in [0, 0.1) is 0 Å². The molecule has 8 nitrogen and oxygen atoms in total. The molecule has 0 spiro atoms. The summed E-state index contributed by atoms with van der Waals surface area (Å²) in [5, 5.41) is 5.29. The number of nitrogens with zero attached hydrogens (tertiary/aromatic N) is 4. The zero-order valence-electron chi connectivity index (χ0n) is 19.5. The van der Waals surface area contributed by atoms with Gasteiger partial charge in [0.15, 0.2) is 5.82 Å². The van der Waals surface area contributed by atoms with Gasteiger partial charge in [-0.2, -0.15) is 5.10 Å². The van der Waals surface area contributed by atoms with Gasteiger partial charge in [-0.3, -0.25) is 9.58 Å². The molecule has 0 amide bonds. The Labute approximate surface area is 208 Å². The van der Waals surface area contributed by atoms with Crippen LogP contribution in [-0.2, 0) is 23.1 Å². The summed E-state index contributed by atoms with van der Waals surface area (Å²) in [5.74, 6) is 0.787. The highest BCUT2D eigenvalue weighted by molar-refractivity contribution is 7.92. The van der Waals surface area contributed by atoms with E-state index in [1.807, 2.05) is 0 Å². The number of rotatable bonds is 8. The van der Waals surface area contributed by atoms with Crippen molar-refractivity contribution in [1.82, 2.24) is 14.7 Å². The fraction of sp³-hybridized carbons (Fsp3) is 0.435. The molecule has 2 aromatic carbocycles. The van der Waals surface area contributed by atoms with E-state index in [9.17, 15) is 17.2 Å². The summed E-state index contributed by atoms with van der Waals surface area (Å²) in [4.78, 5) is 1.69. The summed E-state index contributed by atoms with van der Waals surface area (Å²) < 4.78 is 61.4. The zero-order valence-corrected chi connectivity index (χ0v) is 21.1. The van der Waals surface area contributed by atoms with Gasteiger partial charge >= 0.3 is 0 Å². The van der Waals surface area contributed by atoms with E-state index in [0.29, 0.717) is 33.9 Å². The second-order valence-electron chi connectivity index (χ2n) is 8.71. The lowest BCUT2D eigenvalue weighted by Crippen LogP contribution is -2.43. The molecule has 1 fully saturated rings. The zero-order chi connectivity index (χ0) is 25.3. The number of anilines is 2. The molecule has 190 valence electrons. The van der Waals surface area contributed by atoms with Gasteiger partial charge in [-0.15, -0.1) is 0 Å². The van der Waals surface area contributed by atoms with Crippen LogP contribution in [0.4, 0.5) is 20.3 Å². The number of likely N-dealkylation sites (tertiary alicyclic amines) is 1. The van der Waals surface area contributed by atoms with Crippen LogP contribution in [0.2, 0.25) is 5.02 Å². The molecule has 3 aromatic rings. The first-order chi connectivity index (χ1) is 16.6. The maximum absolute atomic E-state index is 13.9. The molecule has 0 aliphatic carbocycles. The lowest BCUT2D eigenvalue weighted by atomic mass is 10.1. The van der Waals surface area contributed by atoms with Gasteiger partial charge in [-0.25, -0.2) is 21.5 Å². The third-order valence-corrected chi connectivity index (χ3v) is 7.45. The fourth-order valence-electron chi connectivity index (χ4n) is 4.35. The number of alkyl halides is 2. The van der Waals surface area contributed by atoms with Gasteiger partial charge < -0.3 is 10.5 Å². The number of ether oxygens (including phenoxy) is 1. The Morgan fingerprint density at radius 2 is 1.80 bits per heavy atom. The number of nitrogens with two attached hydrogens (primary N) is 1. The highest BCUT2D eigenvalue weighted by atomic mass is 35.5. The average molecular weight is 528 g/mol. The lowest BCUT2D eigenvalue weighted by molar-refractivity contribution is 0.0716. The topological polar surface area (TPSA) is 93.7 Å². The summed E-state index contributed by atoms with van der Waals surface area (Å²) in [7, 11) is -2.22. The smallest absolute Gasteiger partial charge is 0.233 e. The Hall–Kier alpha value is -2.63. The second-order valence-corrected chi connectivity index (χ2v) is 11.0. The van der Waals surface area contributed by atoms with E-state index in [-0.39, 0.29) is 38.4 Å². The van der Waals surface area contributed by atoms with Crippen LogP contribution >= 0.6 is 11.6 Å². The first-order valence-electron chi connectivity index (χ1n) is 11.1. The van der Waals surface area contributed by atoms with E-state index < -0.39 is 22.4 Å². The number of methoxy groups -OCH3 is 1. The Balaban J connectivity index is 1.73. The van der Waals surface area contributed by atoms with Gasteiger partial charge in [0, 0.05) is 26.1 Å². The minimum absolute atomic E-state index is 0.0132. The summed E-state index contributed by atoms with van der Waals surface area (Å²) in [5.41, 5.74) is 7.81. The van der Waals surface area contributed by atoms with Crippen molar-refractivity contribution >= 4 is 44.0 Å². The van der Waals surface area contributed by atoms with E-state index >= 15 is 0 Å². The van der Waals surface area contributed by atoms with Crippen molar-refractivity contribution in [3.63, 3.8) is 0 Å². The second kappa shape index (κ2) is 10.2. The van der Waals surface area contributed by atoms with Crippen LogP contribution in [0.15, 0.2) is 36.4 Å². The van der Waals surface area contributed by atoms with Gasteiger partial charge in [-0.1, -0.05) is 23.7 Å². The van der Waals surface area contributed by atoms with Crippen molar-refractivity contribution in [1.29, 1.82) is 0 Å².